The minimum Gasteiger partial charge on any atom is -0.506 e. The number of phenolic OH excluding ortho intramolecular Hbond substituents is 1. The highest BCUT2D eigenvalue weighted by Gasteiger charge is 2.14. The first-order valence-electron chi connectivity index (χ1n) is 5.88. The van der Waals surface area contributed by atoms with E-state index in [9.17, 15) is 14.7 Å². The number of nitrogens with one attached hydrogen (secondary N) is 2. The van der Waals surface area contributed by atoms with Gasteiger partial charge in [-0.15, -0.1) is 0 Å². The smallest absolute Gasteiger partial charge is 0.313 e. The van der Waals surface area contributed by atoms with E-state index in [1.54, 1.807) is 12.1 Å². The lowest BCUT2D eigenvalue weighted by Crippen LogP contribution is -2.36. The molecule has 3 N–H and O–H groups in total. The van der Waals surface area contributed by atoms with Gasteiger partial charge in [0.15, 0.2) is 0 Å². The van der Waals surface area contributed by atoms with E-state index in [-0.39, 0.29) is 11.4 Å². The standard InChI is InChI=1S/C13H18N2O3/c1-9(2)7-8-14-12(17)13(18)15-10-5-3-4-6-11(10)16/h3-6,9,16H,7-8H2,1-2H3,(H,14,17)(H,15,18). The average molecular weight is 250 g/mol. The van der Waals surface area contributed by atoms with Gasteiger partial charge in [0.1, 0.15) is 5.75 Å². The molecular weight excluding hydrogens is 232 g/mol. The molecule has 5 nitrogen and oxygen atoms in total. The lowest BCUT2D eigenvalue weighted by molar-refractivity contribution is -0.136. The van der Waals surface area contributed by atoms with Crippen LogP contribution in [0.3, 0.4) is 0 Å². The van der Waals surface area contributed by atoms with Crippen molar-refractivity contribution in [2.45, 2.75) is 20.3 Å². The first kappa shape index (κ1) is 14.0. The number of phenols is 1. The van der Waals surface area contributed by atoms with Crippen molar-refractivity contribution in [3.8, 4) is 5.75 Å². The predicted octanol–water partition coefficient (Wildman–Crippen LogP) is 1.49. The van der Waals surface area contributed by atoms with Crippen molar-refractivity contribution in [2.75, 3.05) is 11.9 Å². The van der Waals surface area contributed by atoms with Crippen LogP contribution in [-0.4, -0.2) is 23.5 Å². The number of anilines is 1. The zero-order valence-corrected chi connectivity index (χ0v) is 10.6. The topological polar surface area (TPSA) is 78.4 Å². The van der Waals surface area contributed by atoms with Crippen LogP contribution in [0.2, 0.25) is 0 Å². The number of para-hydroxylation sites is 2. The molecule has 0 saturated carbocycles. The molecule has 0 aromatic heterocycles. The van der Waals surface area contributed by atoms with Gasteiger partial charge in [0.25, 0.3) is 0 Å². The molecule has 0 heterocycles. The lowest BCUT2D eigenvalue weighted by Gasteiger charge is -2.08. The first-order valence-corrected chi connectivity index (χ1v) is 5.88. The number of aromatic hydroxyl groups is 1. The fourth-order valence-corrected chi connectivity index (χ4v) is 1.31. The zero-order valence-electron chi connectivity index (χ0n) is 10.6. The maximum Gasteiger partial charge on any atom is 0.313 e. The van der Waals surface area contributed by atoms with E-state index in [0.29, 0.717) is 12.5 Å². The molecule has 0 fully saturated rings. The number of rotatable bonds is 4. The molecule has 98 valence electrons. The third kappa shape index (κ3) is 4.45. The normalized spacial score (nSPS) is 10.2. The second-order valence-corrected chi connectivity index (χ2v) is 4.41. The molecule has 0 aliphatic heterocycles. The molecule has 18 heavy (non-hydrogen) atoms. The third-order valence-corrected chi connectivity index (χ3v) is 2.37. The van der Waals surface area contributed by atoms with Gasteiger partial charge in [-0.3, -0.25) is 9.59 Å². The quantitative estimate of drug-likeness (QED) is 0.559. The van der Waals surface area contributed by atoms with Gasteiger partial charge in [0.05, 0.1) is 5.69 Å². The fourth-order valence-electron chi connectivity index (χ4n) is 1.31. The van der Waals surface area contributed by atoms with Crippen LogP contribution in [-0.2, 0) is 9.59 Å². The van der Waals surface area contributed by atoms with Crippen LogP contribution in [0.25, 0.3) is 0 Å². The summed E-state index contributed by atoms with van der Waals surface area (Å²) in [7, 11) is 0. The minimum atomic E-state index is -0.778. The molecule has 2 amide bonds. The molecule has 0 aliphatic rings. The molecule has 1 aromatic rings. The van der Waals surface area contributed by atoms with Gasteiger partial charge < -0.3 is 15.7 Å². The summed E-state index contributed by atoms with van der Waals surface area (Å²) in [6.45, 7) is 4.53. The number of carbonyl (C=O) groups excluding carboxylic acids is 2. The lowest BCUT2D eigenvalue weighted by atomic mass is 10.1. The first-order chi connectivity index (χ1) is 8.50. The Morgan fingerprint density at radius 1 is 1.22 bits per heavy atom. The van der Waals surface area contributed by atoms with E-state index in [2.05, 4.69) is 10.6 Å². The molecule has 0 bridgehead atoms. The zero-order chi connectivity index (χ0) is 13.5. The summed E-state index contributed by atoms with van der Waals surface area (Å²) in [4.78, 5) is 22.9. The second-order valence-electron chi connectivity index (χ2n) is 4.41. The highest BCUT2D eigenvalue weighted by molar-refractivity contribution is 6.39. The Bertz CT molecular complexity index is 430. The van der Waals surface area contributed by atoms with Gasteiger partial charge >= 0.3 is 11.8 Å². The molecule has 0 atom stereocenters. The second kappa shape index (κ2) is 6.64. The van der Waals surface area contributed by atoms with Crippen LogP contribution in [0.4, 0.5) is 5.69 Å². The van der Waals surface area contributed by atoms with Gasteiger partial charge in [0.2, 0.25) is 0 Å². The molecule has 0 spiro atoms. The monoisotopic (exact) mass is 250 g/mol. The summed E-state index contributed by atoms with van der Waals surface area (Å²) in [6, 6.07) is 6.25. The van der Waals surface area contributed by atoms with Crippen molar-refractivity contribution in [1.29, 1.82) is 0 Å². The third-order valence-electron chi connectivity index (χ3n) is 2.37. The van der Waals surface area contributed by atoms with Gasteiger partial charge in [0, 0.05) is 6.54 Å². The Hall–Kier alpha value is -2.04. The van der Waals surface area contributed by atoms with E-state index in [4.69, 9.17) is 0 Å². The SMILES string of the molecule is CC(C)CCNC(=O)C(=O)Nc1ccccc1O. The molecule has 0 aliphatic carbocycles. The van der Waals surface area contributed by atoms with Crippen molar-refractivity contribution in [2.24, 2.45) is 5.92 Å². The van der Waals surface area contributed by atoms with Crippen LogP contribution in [0, 0.1) is 5.92 Å². The number of amides is 2. The molecule has 0 unspecified atom stereocenters. The largest absolute Gasteiger partial charge is 0.506 e. The summed E-state index contributed by atoms with van der Waals surface area (Å²) in [5.74, 6) is -1.08. The van der Waals surface area contributed by atoms with Crippen molar-refractivity contribution in [3.63, 3.8) is 0 Å². The fraction of sp³-hybridized carbons (Fsp3) is 0.385. The highest BCUT2D eigenvalue weighted by atomic mass is 16.3. The molecule has 0 radical (unpaired) electrons. The van der Waals surface area contributed by atoms with Crippen LogP contribution in [0.15, 0.2) is 24.3 Å². The number of benzene rings is 1. The molecule has 0 saturated heterocycles. The Labute approximate surface area is 106 Å². The van der Waals surface area contributed by atoms with Gasteiger partial charge in [-0.2, -0.15) is 0 Å². The van der Waals surface area contributed by atoms with Crippen LogP contribution in [0.5, 0.6) is 5.75 Å². The molecule has 5 heteroatoms. The molecule has 1 rings (SSSR count). The predicted molar refractivity (Wildman–Crippen MR) is 69.2 cm³/mol. The Morgan fingerprint density at radius 3 is 2.50 bits per heavy atom. The Balaban J connectivity index is 2.46. The maximum absolute atomic E-state index is 11.5. The van der Waals surface area contributed by atoms with Gasteiger partial charge in [-0.25, -0.2) is 0 Å². The maximum atomic E-state index is 11.5. The average Bonchev–Trinajstić information content (AvgIpc) is 2.31. The summed E-state index contributed by atoms with van der Waals surface area (Å²) in [6.07, 6.45) is 0.815. The van der Waals surface area contributed by atoms with Crippen molar-refractivity contribution in [1.82, 2.24) is 5.32 Å². The van der Waals surface area contributed by atoms with E-state index in [0.717, 1.165) is 6.42 Å². The van der Waals surface area contributed by atoms with Crippen LogP contribution >= 0.6 is 0 Å². The van der Waals surface area contributed by atoms with Gasteiger partial charge in [-0.1, -0.05) is 26.0 Å². The van der Waals surface area contributed by atoms with Crippen LogP contribution < -0.4 is 10.6 Å². The van der Waals surface area contributed by atoms with Crippen molar-refractivity contribution < 1.29 is 14.7 Å². The summed E-state index contributed by atoms with van der Waals surface area (Å²) >= 11 is 0. The van der Waals surface area contributed by atoms with E-state index in [1.807, 2.05) is 13.8 Å². The summed E-state index contributed by atoms with van der Waals surface area (Å²) in [5, 5.41) is 14.3. The summed E-state index contributed by atoms with van der Waals surface area (Å²) < 4.78 is 0. The Kier molecular flexibility index (Phi) is 5.17. The van der Waals surface area contributed by atoms with Crippen molar-refractivity contribution in [3.05, 3.63) is 24.3 Å². The minimum absolute atomic E-state index is 0.0687. The number of hydrogen-bond acceptors (Lipinski definition) is 3. The van der Waals surface area contributed by atoms with Gasteiger partial charge in [-0.05, 0) is 24.5 Å². The number of carbonyl (C=O) groups is 2. The molecule has 1 aromatic carbocycles. The number of hydrogen-bond donors (Lipinski definition) is 3. The molecular formula is C13H18N2O3. The van der Waals surface area contributed by atoms with E-state index < -0.39 is 11.8 Å². The Morgan fingerprint density at radius 2 is 1.89 bits per heavy atom. The summed E-state index contributed by atoms with van der Waals surface area (Å²) in [5.41, 5.74) is 0.224. The van der Waals surface area contributed by atoms with E-state index in [1.165, 1.54) is 12.1 Å². The highest BCUT2D eigenvalue weighted by Crippen LogP contribution is 2.21. The van der Waals surface area contributed by atoms with Crippen molar-refractivity contribution >= 4 is 17.5 Å². The van der Waals surface area contributed by atoms with E-state index >= 15 is 0 Å². The van der Waals surface area contributed by atoms with Crippen LogP contribution in [0.1, 0.15) is 20.3 Å².